The second kappa shape index (κ2) is 8.89. The van der Waals surface area contributed by atoms with Crippen molar-refractivity contribution < 1.29 is 14.3 Å². The molecule has 0 atom stereocenters. The number of carbonyl (C=O) groups is 1. The molecule has 140 valence electrons. The zero-order chi connectivity index (χ0) is 19.9. The number of pyridine rings is 1. The standard InChI is InChI=1S/C21H16ClN3O3/c1-25(20-4-2-3-19(22)24-20)21(26)14-27-16-9-11-18(12-10-16)28-17-7-5-15(13-23)6-8-17/h2-12H,14H2,1H3. The highest BCUT2D eigenvalue weighted by molar-refractivity contribution is 6.29. The summed E-state index contributed by atoms with van der Waals surface area (Å²) in [6, 6.07) is 20.8. The van der Waals surface area contributed by atoms with Crippen LogP contribution in [0.5, 0.6) is 17.2 Å². The van der Waals surface area contributed by atoms with Gasteiger partial charge in [-0.05, 0) is 60.7 Å². The van der Waals surface area contributed by atoms with Crippen LogP contribution in [0.4, 0.5) is 5.82 Å². The van der Waals surface area contributed by atoms with Crippen molar-refractivity contribution in [3.8, 4) is 23.3 Å². The first-order valence-corrected chi connectivity index (χ1v) is 8.73. The molecule has 0 unspecified atom stereocenters. The van der Waals surface area contributed by atoms with Gasteiger partial charge in [-0.3, -0.25) is 9.69 Å². The smallest absolute Gasteiger partial charge is 0.265 e. The highest BCUT2D eigenvalue weighted by Gasteiger charge is 2.13. The lowest BCUT2D eigenvalue weighted by molar-refractivity contribution is -0.120. The van der Waals surface area contributed by atoms with Gasteiger partial charge in [0.2, 0.25) is 0 Å². The van der Waals surface area contributed by atoms with Crippen LogP contribution in [0.1, 0.15) is 5.56 Å². The summed E-state index contributed by atoms with van der Waals surface area (Å²) in [5, 5.41) is 9.12. The van der Waals surface area contributed by atoms with Crippen LogP contribution >= 0.6 is 11.6 Å². The van der Waals surface area contributed by atoms with E-state index in [0.717, 1.165) is 0 Å². The predicted molar refractivity (Wildman–Crippen MR) is 106 cm³/mol. The first-order valence-electron chi connectivity index (χ1n) is 8.35. The van der Waals surface area contributed by atoms with Crippen LogP contribution < -0.4 is 14.4 Å². The van der Waals surface area contributed by atoms with Crippen molar-refractivity contribution in [2.75, 3.05) is 18.6 Å². The fourth-order valence-electron chi connectivity index (χ4n) is 2.29. The number of rotatable bonds is 6. The number of likely N-dealkylation sites (N-methyl/N-ethyl adjacent to an activating group) is 1. The Bertz CT molecular complexity index is 999. The summed E-state index contributed by atoms with van der Waals surface area (Å²) in [5.41, 5.74) is 0.568. The van der Waals surface area contributed by atoms with Crippen LogP contribution in [-0.4, -0.2) is 24.5 Å². The molecule has 1 aromatic heterocycles. The van der Waals surface area contributed by atoms with Crippen molar-refractivity contribution in [2.24, 2.45) is 0 Å². The van der Waals surface area contributed by atoms with Gasteiger partial charge in [0.05, 0.1) is 11.6 Å². The minimum atomic E-state index is -0.257. The molecule has 6 nitrogen and oxygen atoms in total. The Hall–Kier alpha value is -3.56. The van der Waals surface area contributed by atoms with E-state index in [1.54, 1.807) is 73.8 Å². The van der Waals surface area contributed by atoms with Gasteiger partial charge in [-0.25, -0.2) is 4.98 Å². The lowest BCUT2D eigenvalue weighted by Crippen LogP contribution is -2.31. The molecule has 0 saturated heterocycles. The Morgan fingerprint density at radius 2 is 1.64 bits per heavy atom. The van der Waals surface area contributed by atoms with Crippen LogP contribution in [-0.2, 0) is 4.79 Å². The molecule has 1 amide bonds. The van der Waals surface area contributed by atoms with Crippen molar-refractivity contribution >= 4 is 23.3 Å². The fourth-order valence-corrected chi connectivity index (χ4v) is 2.45. The third-order valence-electron chi connectivity index (χ3n) is 3.82. The van der Waals surface area contributed by atoms with Gasteiger partial charge in [0.1, 0.15) is 28.2 Å². The van der Waals surface area contributed by atoms with Crippen molar-refractivity contribution in [1.82, 2.24) is 4.98 Å². The van der Waals surface area contributed by atoms with Gasteiger partial charge in [-0.15, -0.1) is 0 Å². The molecule has 0 saturated carbocycles. The molecule has 3 rings (SSSR count). The maximum Gasteiger partial charge on any atom is 0.265 e. The van der Waals surface area contributed by atoms with Gasteiger partial charge < -0.3 is 9.47 Å². The molecule has 0 aliphatic carbocycles. The number of amides is 1. The van der Waals surface area contributed by atoms with Crippen molar-refractivity contribution in [1.29, 1.82) is 5.26 Å². The minimum absolute atomic E-state index is 0.138. The quantitative estimate of drug-likeness (QED) is 0.578. The third kappa shape index (κ3) is 5.00. The Balaban J connectivity index is 1.55. The second-order valence-corrected chi connectivity index (χ2v) is 6.16. The van der Waals surface area contributed by atoms with E-state index in [2.05, 4.69) is 11.1 Å². The van der Waals surface area contributed by atoms with E-state index in [1.165, 1.54) is 4.90 Å². The van der Waals surface area contributed by atoms with Gasteiger partial charge in [0.25, 0.3) is 5.91 Å². The molecule has 1 heterocycles. The molecule has 0 fully saturated rings. The normalized spacial score (nSPS) is 10.0. The Morgan fingerprint density at radius 3 is 2.25 bits per heavy atom. The van der Waals surface area contributed by atoms with Crippen LogP contribution in [0.2, 0.25) is 5.15 Å². The number of hydrogen-bond acceptors (Lipinski definition) is 5. The zero-order valence-corrected chi connectivity index (χ0v) is 15.8. The summed E-state index contributed by atoms with van der Waals surface area (Å²) in [6.07, 6.45) is 0. The molecule has 0 N–H and O–H groups in total. The Morgan fingerprint density at radius 1 is 1.04 bits per heavy atom. The molecule has 28 heavy (non-hydrogen) atoms. The van der Waals surface area contributed by atoms with Crippen LogP contribution in [0.15, 0.2) is 66.7 Å². The van der Waals surface area contributed by atoms with E-state index in [1.807, 2.05) is 0 Å². The van der Waals surface area contributed by atoms with Gasteiger partial charge in [0.15, 0.2) is 6.61 Å². The molecule has 0 radical (unpaired) electrons. The molecule has 0 spiro atoms. The number of carbonyl (C=O) groups excluding carboxylic acids is 1. The number of halogens is 1. The number of aromatic nitrogens is 1. The van der Waals surface area contributed by atoms with Crippen molar-refractivity contribution in [3.05, 3.63) is 77.4 Å². The number of benzene rings is 2. The fraction of sp³-hybridized carbons (Fsp3) is 0.0952. The van der Waals surface area contributed by atoms with Crippen LogP contribution in [0, 0.1) is 11.3 Å². The minimum Gasteiger partial charge on any atom is -0.484 e. The van der Waals surface area contributed by atoms with Crippen molar-refractivity contribution in [2.45, 2.75) is 0 Å². The summed E-state index contributed by atoms with van der Waals surface area (Å²) in [4.78, 5) is 17.7. The van der Waals surface area contributed by atoms with Crippen molar-refractivity contribution in [3.63, 3.8) is 0 Å². The SMILES string of the molecule is CN(C(=O)COc1ccc(Oc2ccc(C#N)cc2)cc1)c1cccc(Cl)n1. The average Bonchev–Trinajstić information content (AvgIpc) is 2.73. The van der Waals surface area contributed by atoms with E-state index in [0.29, 0.717) is 33.8 Å². The Labute approximate surface area is 167 Å². The number of nitrogens with zero attached hydrogens (tertiary/aromatic N) is 3. The maximum atomic E-state index is 12.3. The zero-order valence-electron chi connectivity index (χ0n) is 15.0. The molecule has 0 aliphatic rings. The highest BCUT2D eigenvalue weighted by atomic mass is 35.5. The molecule has 2 aromatic carbocycles. The van der Waals surface area contributed by atoms with Crippen LogP contribution in [0.3, 0.4) is 0 Å². The first kappa shape index (κ1) is 19.2. The summed E-state index contributed by atoms with van der Waals surface area (Å²) in [7, 11) is 1.61. The molecule has 7 heteroatoms. The average molecular weight is 394 g/mol. The van der Waals surface area contributed by atoms with Gasteiger partial charge >= 0.3 is 0 Å². The molecule has 3 aromatic rings. The Kier molecular flexibility index (Phi) is 6.10. The van der Waals surface area contributed by atoms with E-state index >= 15 is 0 Å². The van der Waals surface area contributed by atoms with Gasteiger partial charge in [-0.2, -0.15) is 5.26 Å². The maximum absolute atomic E-state index is 12.3. The van der Waals surface area contributed by atoms with Crippen LogP contribution in [0.25, 0.3) is 0 Å². The number of hydrogen-bond donors (Lipinski definition) is 0. The van der Waals surface area contributed by atoms with E-state index in [-0.39, 0.29) is 12.5 Å². The molecular weight excluding hydrogens is 378 g/mol. The third-order valence-corrected chi connectivity index (χ3v) is 4.03. The monoisotopic (exact) mass is 393 g/mol. The highest BCUT2D eigenvalue weighted by Crippen LogP contribution is 2.24. The van der Waals surface area contributed by atoms with E-state index < -0.39 is 0 Å². The number of ether oxygens (including phenoxy) is 2. The largest absolute Gasteiger partial charge is 0.484 e. The predicted octanol–water partition coefficient (Wildman–Crippen LogP) is 4.44. The molecular formula is C21H16ClN3O3. The lowest BCUT2D eigenvalue weighted by atomic mass is 10.2. The number of anilines is 1. The second-order valence-electron chi connectivity index (χ2n) is 5.77. The first-order chi connectivity index (χ1) is 13.5. The topological polar surface area (TPSA) is 75.5 Å². The summed E-state index contributed by atoms with van der Waals surface area (Å²) in [5.74, 6) is 1.97. The van der Waals surface area contributed by atoms with Gasteiger partial charge in [-0.1, -0.05) is 17.7 Å². The summed E-state index contributed by atoms with van der Waals surface area (Å²) in [6.45, 7) is -0.138. The summed E-state index contributed by atoms with van der Waals surface area (Å²) >= 11 is 5.85. The van der Waals surface area contributed by atoms with E-state index in [4.69, 9.17) is 26.3 Å². The molecule has 0 bridgehead atoms. The van der Waals surface area contributed by atoms with E-state index in [9.17, 15) is 4.79 Å². The summed E-state index contributed by atoms with van der Waals surface area (Å²) < 4.78 is 11.2. The molecule has 0 aliphatic heterocycles. The number of nitriles is 1. The van der Waals surface area contributed by atoms with Gasteiger partial charge in [0, 0.05) is 7.05 Å². The lowest BCUT2D eigenvalue weighted by Gasteiger charge is -2.16.